The number of nitrogens with one attached hydrogen (secondary N) is 1. The number of rotatable bonds is 0. The Morgan fingerprint density at radius 1 is 1.16 bits per heavy atom. The highest BCUT2D eigenvalue weighted by molar-refractivity contribution is 5.81. The fourth-order valence-electron chi connectivity index (χ4n) is 5.91. The molecule has 0 radical (unpaired) electrons. The van der Waals surface area contributed by atoms with Gasteiger partial charge >= 0.3 is 0 Å². The molecule has 1 spiro atoms. The lowest BCUT2D eigenvalue weighted by Gasteiger charge is -2.41. The van der Waals surface area contributed by atoms with Crippen molar-refractivity contribution in [1.29, 1.82) is 0 Å². The van der Waals surface area contributed by atoms with Crippen molar-refractivity contribution in [3.05, 3.63) is 29.6 Å². The second-order valence-corrected chi connectivity index (χ2v) is 9.34. The Labute approximate surface area is 181 Å². The van der Waals surface area contributed by atoms with Gasteiger partial charge < -0.3 is 24.4 Å². The highest BCUT2D eigenvalue weighted by Gasteiger charge is 2.55. The standard InChI is InChI=1S/C23H29FN2O5/c1-14-9-23(13-29-11-21(27)25-23)20-10-30-17-5-2-15(3-6-17)18-7-4-16(24)8-19(18)31-12-22(28)26(14)20/h4,7-8,14-15,17,20H,2-3,5-6,9-13H2,1H3,(H,25,27)/t14-,15?,17?,20+,23-/m1/s1. The molecular weight excluding hydrogens is 403 g/mol. The second-order valence-electron chi connectivity index (χ2n) is 9.34. The maximum Gasteiger partial charge on any atom is 0.261 e. The van der Waals surface area contributed by atoms with E-state index in [1.165, 1.54) is 12.1 Å². The molecule has 3 fully saturated rings. The van der Waals surface area contributed by atoms with Crippen molar-refractivity contribution in [2.45, 2.75) is 68.7 Å². The molecule has 31 heavy (non-hydrogen) atoms. The fourth-order valence-corrected chi connectivity index (χ4v) is 5.91. The first-order valence-corrected chi connectivity index (χ1v) is 11.2. The van der Waals surface area contributed by atoms with Crippen LogP contribution in [0.3, 0.4) is 0 Å². The Morgan fingerprint density at radius 2 is 1.97 bits per heavy atom. The maximum atomic E-state index is 14.0. The number of ether oxygens (including phenoxy) is 3. The van der Waals surface area contributed by atoms with Gasteiger partial charge in [0.05, 0.1) is 30.9 Å². The number of amides is 2. The highest BCUT2D eigenvalue weighted by atomic mass is 19.1. The van der Waals surface area contributed by atoms with Gasteiger partial charge in [-0.3, -0.25) is 9.59 Å². The molecule has 4 heterocycles. The monoisotopic (exact) mass is 432 g/mol. The summed E-state index contributed by atoms with van der Waals surface area (Å²) in [6.45, 7) is 2.52. The van der Waals surface area contributed by atoms with Gasteiger partial charge in [-0.2, -0.15) is 0 Å². The van der Waals surface area contributed by atoms with Gasteiger partial charge in [-0.1, -0.05) is 6.07 Å². The first kappa shape index (κ1) is 20.7. The summed E-state index contributed by atoms with van der Waals surface area (Å²) < 4.78 is 31.8. The van der Waals surface area contributed by atoms with Gasteiger partial charge in [-0.15, -0.1) is 0 Å². The van der Waals surface area contributed by atoms with Crippen molar-refractivity contribution in [2.75, 3.05) is 26.4 Å². The Balaban J connectivity index is 1.48. The van der Waals surface area contributed by atoms with Crippen molar-refractivity contribution in [3.63, 3.8) is 0 Å². The van der Waals surface area contributed by atoms with Gasteiger partial charge in [0.15, 0.2) is 6.61 Å². The van der Waals surface area contributed by atoms with Crippen LogP contribution in [0.5, 0.6) is 5.75 Å². The minimum atomic E-state index is -0.661. The molecule has 1 saturated carbocycles. The van der Waals surface area contributed by atoms with Crippen LogP contribution in [0.15, 0.2) is 18.2 Å². The number of hydrogen-bond acceptors (Lipinski definition) is 5. The summed E-state index contributed by atoms with van der Waals surface area (Å²) in [7, 11) is 0. The van der Waals surface area contributed by atoms with Crippen molar-refractivity contribution in [2.24, 2.45) is 0 Å². The third-order valence-corrected chi connectivity index (χ3v) is 7.31. The Kier molecular flexibility index (Phi) is 5.38. The minimum absolute atomic E-state index is 0.0348. The molecule has 168 valence electrons. The Morgan fingerprint density at radius 3 is 2.74 bits per heavy atom. The third kappa shape index (κ3) is 3.80. The van der Waals surface area contributed by atoms with Crippen LogP contribution in [0.4, 0.5) is 4.39 Å². The van der Waals surface area contributed by atoms with E-state index in [0.29, 0.717) is 25.4 Å². The number of fused-ring (bicyclic) bond motifs is 5. The summed E-state index contributed by atoms with van der Waals surface area (Å²) in [4.78, 5) is 27.2. The van der Waals surface area contributed by atoms with Crippen LogP contribution in [0.1, 0.15) is 50.5 Å². The molecule has 0 aromatic heterocycles. The summed E-state index contributed by atoms with van der Waals surface area (Å²) in [5.74, 6) is -0.0239. The topological polar surface area (TPSA) is 77.1 Å². The molecule has 5 aliphatic rings. The van der Waals surface area contributed by atoms with Crippen molar-refractivity contribution in [3.8, 4) is 5.75 Å². The van der Waals surface area contributed by atoms with Crippen molar-refractivity contribution >= 4 is 11.8 Å². The van der Waals surface area contributed by atoms with Gasteiger partial charge in [0, 0.05) is 12.1 Å². The zero-order valence-corrected chi connectivity index (χ0v) is 17.8. The Bertz CT molecular complexity index is 872. The fraction of sp³-hybridized carbons (Fsp3) is 0.652. The summed E-state index contributed by atoms with van der Waals surface area (Å²) in [5, 5.41) is 3.10. The van der Waals surface area contributed by atoms with E-state index in [1.807, 2.05) is 6.92 Å². The zero-order valence-electron chi connectivity index (χ0n) is 17.8. The van der Waals surface area contributed by atoms with Crippen LogP contribution in [-0.2, 0) is 19.1 Å². The van der Waals surface area contributed by atoms with Crippen LogP contribution < -0.4 is 10.1 Å². The molecule has 1 aliphatic carbocycles. The van der Waals surface area contributed by atoms with E-state index in [9.17, 15) is 14.0 Å². The molecule has 0 unspecified atom stereocenters. The molecule has 6 rings (SSSR count). The van der Waals surface area contributed by atoms with E-state index in [0.717, 1.165) is 31.2 Å². The van der Waals surface area contributed by atoms with Gasteiger partial charge in [-0.05, 0) is 56.6 Å². The van der Waals surface area contributed by atoms with Crippen LogP contribution in [0.25, 0.3) is 0 Å². The molecule has 8 heteroatoms. The third-order valence-electron chi connectivity index (χ3n) is 7.31. The Hall–Kier alpha value is -2.19. The molecule has 3 atom stereocenters. The van der Waals surface area contributed by atoms with E-state index < -0.39 is 5.54 Å². The minimum Gasteiger partial charge on any atom is -0.483 e. The van der Waals surface area contributed by atoms with E-state index in [2.05, 4.69) is 5.32 Å². The molecule has 4 aliphatic heterocycles. The molecule has 1 N–H and O–H groups in total. The molecular formula is C23H29FN2O5. The zero-order chi connectivity index (χ0) is 21.6. The average Bonchev–Trinajstić information content (AvgIpc) is 3.01. The predicted molar refractivity (Wildman–Crippen MR) is 109 cm³/mol. The van der Waals surface area contributed by atoms with Gasteiger partial charge in [0.2, 0.25) is 5.91 Å². The molecule has 2 bridgehead atoms. The average molecular weight is 432 g/mol. The number of carbonyl (C=O) groups is 2. The molecule has 1 aromatic rings. The highest BCUT2D eigenvalue weighted by Crippen LogP contribution is 2.41. The van der Waals surface area contributed by atoms with Crippen molar-refractivity contribution < 1.29 is 28.2 Å². The smallest absolute Gasteiger partial charge is 0.261 e. The summed E-state index contributed by atoms with van der Waals surface area (Å²) in [5.41, 5.74) is 0.300. The maximum absolute atomic E-state index is 14.0. The quantitative estimate of drug-likeness (QED) is 0.680. The van der Waals surface area contributed by atoms with Crippen LogP contribution in [-0.4, -0.2) is 66.9 Å². The number of carbonyl (C=O) groups excluding carboxylic acids is 2. The van der Waals surface area contributed by atoms with E-state index in [-0.39, 0.29) is 55.0 Å². The molecule has 2 saturated heterocycles. The predicted octanol–water partition coefficient (Wildman–Crippen LogP) is 2.14. The van der Waals surface area contributed by atoms with E-state index >= 15 is 0 Å². The summed E-state index contributed by atoms with van der Waals surface area (Å²) >= 11 is 0. The number of halogens is 1. The van der Waals surface area contributed by atoms with Crippen LogP contribution in [0.2, 0.25) is 0 Å². The summed E-state index contributed by atoms with van der Waals surface area (Å²) in [6, 6.07) is 4.17. The van der Waals surface area contributed by atoms with E-state index in [4.69, 9.17) is 14.2 Å². The van der Waals surface area contributed by atoms with Gasteiger partial charge in [-0.25, -0.2) is 4.39 Å². The van der Waals surface area contributed by atoms with Crippen LogP contribution >= 0.6 is 0 Å². The number of nitrogens with zero attached hydrogens (tertiary/aromatic N) is 1. The molecule has 2 amide bonds. The first-order valence-electron chi connectivity index (χ1n) is 11.2. The molecule has 7 nitrogen and oxygen atoms in total. The number of hydrogen-bond donors (Lipinski definition) is 1. The first-order chi connectivity index (χ1) is 14.9. The van der Waals surface area contributed by atoms with Gasteiger partial charge in [0.1, 0.15) is 18.2 Å². The van der Waals surface area contributed by atoms with Crippen molar-refractivity contribution in [1.82, 2.24) is 10.2 Å². The summed E-state index contributed by atoms with van der Waals surface area (Å²) in [6.07, 6.45) is 4.34. The van der Waals surface area contributed by atoms with Gasteiger partial charge in [0.25, 0.3) is 5.91 Å². The van der Waals surface area contributed by atoms with E-state index in [1.54, 1.807) is 11.0 Å². The number of benzene rings is 1. The number of morpholine rings is 1. The largest absolute Gasteiger partial charge is 0.483 e. The lowest BCUT2D eigenvalue weighted by Crippen LogP contribution is -2.65. The lowest BCUT2D eigenvalue weighted by atomic mass is 9.82. The lowest BCUT2D eigenvalue weighted by molar-refractivity contribution is -0.145. The van der Waals surface area contributed by atoms with Crippen LogP contribution in [0, 0.1) is 5.82 Å². The second kappa shape index (κ2) is 8.06. The normalized spacial score (nSPS) is 36.0. The SMILES string of the molecule is C[C@@H]1C[C@@]2(COCC(=O)N2)[C@@H]2COC3CCC(CC3)c3ccc(F)cc3OCC(=O)N12. The molecule has 1 aromatic carbocycles.